The minimum absolute atomic E-state index is 0.0804. The van der Waals surface area contributed by atoms with Crippen molar-refractivity contribution in [1.82, 2.24) is 4.90 Å². The lowest BCUT2D eigenvalue weighted by atomic mass is 10.1. The first kappa shape index (κ1) is 16.1. The van der Waals surface area contributed by atoms with Crippen LogP contribution in [0.2, 0.25) is 0 Å². The van der Waals surface area contributed by atoms with Gasteiger partial charge in [-0.2, -0.15) is 0 Å². The molecule has 1 amide bonds. The van der Waals surface area contributed by atoms with E-state index >= 15 is 0 Å². The summed E-state index contributed by atoms with van der Waals surface area (Å²) in [6, 6.07) is 4.53. The van der Waals surface area contributed by atoms with Crippen LogP contribution in [-0.2, 0) is 11.2 Å². The highest BCUT2D eigenvalue weighted by Gasteiger charge is 2.21. The first-order chi connectivity index (χ1) is 8.73. The number of nitrogens with zero attached hydrogens (tertiary/aromatic N) is 1. The molecule has 3 nitrogen and oxygen atoms in total. The summed E-state index contributed by atoms with van der Waals surface area (Å²) in [7, 11) is 0. The highest BCUT2D eigenvalue weighted by Crippen LogP contribution is 2.18. The summed E-state index contributed by atoms with van der Waals surface area (Å²) in [5.41, 5.74) is -0.179. The van der Waals surface area contributed by atoms with Crippen LogP contribution in [0.25, 0.3) is 0 Å². The van der Waals surface area contributed by atoms with Gasteiger partial charge < -0.3 is 10.0 Å². The Balaban J connectivity index is 2.74. The molecule has 0 saturated heterocycles. The van der Waals surface area contributed by atoms with Gasteiger partial charge in [-0.15, -0.1) is 0 Å². The summed E-state index contributed by atoms with van der Waals surface area (Å²) in [4.78, 5) is 13.7. The van der Waals surface area contributed by atoms with Crippen LogP contribution in [0.3, 0.4) is 0 Å². The smallest absolute Gasteiger partial charge is 0.227 e. The Morgan fingerprint density at radius 3 is 2.58 bits per heavy atom. The van der Waals surface area contributed by atoms with Gasteiger partial charge in [-0.1, -0.05) is 6.07 Å². The molecule has 0 heterocycles. The van der Waals surface area contributed by atoms with Gasteiger partial charge in [0.15, 0.2) is 0 Å². The molecule has 19 heavy (non-hydrogen) atoms. The maximum Gasteiger partial charge on any atom is 0.227 e. The number of benzene rings is 1. The van der Waals surface area contributed by atoms with E-state index in [4.69, 9.17) is 0 Å². The molecular weight excluding hydrogens is 313 g/mol. The van der Waals surface area contributed by atoms with Crippen molar-refractivity contribution < 1.29 is 14.3 Å². The van der Waals surface area contributed by atoms with Crippen LogP contribution >= 0.6 is 15.9 Å². The summed E-state index contributed by atoms with van der Waals surface area (Å²) in [6.07, 6.45) is 0.197. The molecule has 0 saturated carbocycles. The Morgan fingerprint density at radius 1 is 1.47 bits per heavy atom. The molecular formula is C14H19BrFNO2. The Kier molecular flexibility index (Phi) is 5.50. The fourth-order valence-corrected chi connectivity index (χ4v) is 2.21. The Labute approximate surface area is 121 Å². The molecule has 1 N–H and O–H groups in total. The lowest BCUT2D eigenvalue weighted by Gasteiger charge is -2.28. The van der Waals surface area contributed by atoms with Crippen molar-refractivity contribution in [3.63, 3.8) is 0 Å². The average molecular weight is 332 g/mol. The van der Waals surface area contributed by atoms with Crippen molar-refractivity contribution in [3.8, 4) is 0 Å². The largest absolute Gasteiger partial charge is 0.389 e. The van der Waals surface area contributed by atoms with Crippen molar-refractivity contribution >= 4 is 21.8 Å². The number of amides is 1. The minimum atomic E-state index is -0.922. The molecule has 0 spiro atoms. The van der Waals surface area contributed by atoms with Crippen LogP contribution < -0.4 is 0 Å². The van der Waals surface area contributed by atoms with Gasteiger partial charge in [0.25, 0.3) is 0 Å². The second-order valence-corrected chi connectivity index (χ2v) is 6.00. The third-order valence-electron chi connectivity index (χ3n) is 2.65. The second-order valence-electron chi connectivity index (χ2n) is 5.15. The first-order valence-electron chi connectivity index (χ1n) is 6.17. The molecule has 0 atom stereocenters. The number of hydrogen-bond donors (Lipinski definition) is 1. The molecule has 0 fully saturated rings. The number of carbonyl (C=O) groups excluding carboxylic acids is 1. The fraction of sp³-hybridized carbons (Fsp3) is 0.500. The van der Waals surface area contributed by atoms with E-state index in [1.165, 1.54) is 6.07 Å². The molecule has 0 aliphatic heterocycles. The van der Waals surface area contributed by atoms with Crippen LogP contribution in [0.5, 0.6) is 0 Å². The van der Waals surface area contributed by atoms with Gasteiger partial charge >= 0.3 is 0 Å². The van der Waals surface area contributed by atoms with Crippen molar-refractivity contribution in [1.29, 1.82) is 0 Å². The lowest BCUT2D eigenvalue weighted by molar-refractivity contribution is -0.133. The molecule has 5 heteroatoms. The predicted octanol–water partition coefficient (Wildman–Crippen LogP) is 2.75. The zero-order valence-corrected chi connectivity index (χ0v) is 13.0. The topological polar surface area (TPSA) is 40.5 Å². The SMILES string of the molecule is CCN(CC(C)(C)O)C(=O)Cc1ccc(F)c(Br)c1. The Bertz CT molecular complexity index is 457. The zero-order valence-electron chi connectivity index (χ0n) is 11.4. The average Bonchev–Trinajstić information content (AvgIpc) is 2.29. The van der Waals surface area contributed by atoms with Crippen LogP contribution in [0.1, 0.15) is 26.3 Å². The molecule has 0 radical (unpaired) electrons. The summed E-state index contributed by atoms with van der Waals surface area (Å²) in [5, 5.41) is 9.76. The van der Waals surface area contributed by atoms with Crippen LogP contribution in [0.15, 0.2) is 22.7 Å². The van der Waals surface area contributed by atoms with Crippen molar-refractivity contribution in [3.05, 3.63) is 34.1 Å². The second kappa shape index (κ2) is 6.48. The van der Waals surface area contributed by atoms with E-state index in [2.05, 4.69) is 15.9 Å². The third-order valence-corrected chi connectivity index (χ3v) is 3.26. The molecule has 0 unspecified atom stereocenters. The lowest BCUT2D eigenvalue weighted by Crippen LogP contribution is -2.42. The van der Waals surface area contributed by atoms with Gasteiger partial charge in [-0.25, -0.2) is 4.39 Å². The number of carbonyl (C=O) groups is 1. The van der Waals surface area contributed by atoms with Crippen LogP contribution in [0.4, 0.5) is 4.39 Å². The predicted molar refractivity (Wildman–Crippen MR) is 76.4 cm³/mol. The number of rotatable bonds is 5. The van der Waals surface area contributed by atoms with Crippen molar-refractivity contribution in [2.75, 3.05) is 13.1 Å². The summed E-state index contributed by atoms with van der Waals surface area (Å²) in [6.45, 7) is 6.01. The Morgan fingerprint density at radius 2 is 2.11 bits per heavy atom. The van der Waals surface area contributed by atoms with Crippen molar-refractivity contribution in [2.45, 2.75) is 32.8 Å². The molecule has 1 rings (SSSR count). The normalized spacial score (nSPS) is 11.5. The number of likely N-dealkylation sites (N-methyl/N-ethyl adjacent to an activating group) is 1. The molecule has 0 bridgehead atoms. The molecule has 0 aliphatic carbocycles. The van der Waals surface area contributed by atoms with E-state index in [0.717, 1.165) is 5.56 Å². The standard InChI is InChI=1S/C14H19BrFNO2/c1-4-17(9-14(2,3)19)13(18)8-10-5-6-12(16)11(15)7-10/h5-7,19H,4,8-9H2,1-3H3. The van der Waals surface area contributed by atoms with Crippen LogP contribution in [0, 0.1) is 5.82 Å². The van der Waals surface area contributed by atoms with Gasteiger partial charge in [0.05, 0.1) is 16.5 Å². The maximum atomic E-state index is 13.1. The first-order valence-corrected chi connectivity index (χ1v) is 6.96. The molecule has 0 aromatic heterocycles. The Hall–Kier alpha value is -0.940. The third kappa shape index (κ3) is 5.28. The molecule has 0 aliphatic rings. The summed E-state index contributed by atoms with van der Waals surface area (Å²) >= 11 is 3.10. The highest BCUT2D eigenvalue weighted by atomic mass is 79.9. The van der Waals surface area contributed by atoms with Gasteiger partial charge in [-0.05, 0) is 54.4 Å². The quantitative estimate of drug-likeness (QED) is 0.901. The number of aliphatic hydroxyl groups is 1. The molecule has 106 valence electrons. The van der Waals surface area contributed by atoms with E-state index in [1.807, 2.05) is 6.92 Å². The number of hydrogen-bond acceptors (Lipinski definition) is 2. The fourth-order valence-electron chi connectivity index (χ4n) is 1.78. The van der Waals surface area contributed by atoms with E-state index in [9.17, 15) is 14.3 Å². The monoisotopic (exact) mass is 331 g/mol. The van der Waals surface area contributed by atoms with Gasteiger partial charge in [0.2, 0.25) is 5.91 Å². The van der Waals surface area contributed by atoms with Crippen LogP contribution in [-0.4, -0.2) is 34.6 Å². The van der Waals surface area contributed by atoms with Crippen molar-refractivity contribution in [2.24, 2.45) is 0 Å². The van der Waals surface area contributed by atoms with Gasteiger partial charge in [0.1, 0.15) is 5.82 Å². The van der Waals surface area contributed by atoms with E-state index in [1.54, 1.807) is 30.9 Å². The zero-order chi connectivity index (χ0) is 14.6. The van der Waals surface area contributed by atoms with E-state index in [-0.39, 0.29) is 24.7 Å². The molecule has 1 aromatic carbocycles. The van der Waals surface area contributed by atoms with Gasteiger partial charge in [0, 0.05) is 13.1 Å². The molecule has 1 aromatic rings. The summed E-state index contributed by atoms with van der Waals surface area (Å²) in [5.74, 6) is -0.428. The summed E-state index contributed by atoms with van der Waals surface area (Å²) < 4.78 is 13.5. The van der Waals surface area contributed by atoms with Gasteiger partial charge in [-0.3, -0.25) is 4.79 Å². The van der Waals surface area contributed by atoms with E-state index in [0.29, 0.717) is 11.0 Å². The maximum absolute atomic E-state index is 13.1. The minimum Gasteiger partial charge on any atom is -0.389 e. The highest BCUT2D eigenvalue weighted by molar-refractivity contribution is 9.10. The number of halogens is 2. The van der Waals surface area contributed by atoms with E-state index < -0.39 is 5.60 Å².